The van der Waals surface area contributed by atoms with Crippen LogP contribution in [0, 0.1) is 13.8 Å². The van der Waals surface area contributed by atoms with Crippen LogP contribution in [-0.4, -0.2) is 29.5 Å². The molecule has 3 aromatic rings. The summed E-state index contributed by atoms with van der Waals surface area (Å²) in [5.41, 5.74) is 5.34. The first-order valence-corrected chi connectivity index (χ1v) is 11.7. The van der Waals surface area contributed by atoms with E-state index in [-0.39, 0.29) is 5.56 Å². The van der Waals surface area contributed by atoms with E-state index in [9.17, 15) is 4.79 Å². The fourth-order valence-electron chi connectivity index (χ4n) is 3.48. The Morgan fingerprint density at radius 3 is 2.67 bits per heavy atom. The first-order chi connectivity index (χ1) is 14.5. The van der Waals surface area contributed by atoms with E-state index in [1.54, 1.807) is 42.3 Å². The summed E-state index contributed by atoms with van der Waals surface area (Å²) < 4.78 is 12.5. The van der Waals surface area contributed by atoms with Crippen LogP contribution in [0.4, 0.5) is 0 Å². The van der Waals surface area contributed by atoms with Crippen molar-refractivity contribution < 1.29 is 9.47 Å². The van der Waals surface area contributed by atoms with Gasteiger partial charge in [0, 0.05) is 24.0 Å². The van der Waals surface area contributed by atoms with E-state index in [1.165, 1.54) is 16.7 Å². The molecule has 0 spiro atoms. The first-order valence-electron chi connectivity index (χ1n) is 9.72. The van der Waals surface area contributed by atoms with Crippen molar-refractivity contribution in [3.63, 3.8) is 0 Å². The molecule has 1 aliphatic rings. The van der Waals surface area contributed by atoms with Crippen molar-refractivity contribution in [3.8, 4) is 17.2 Å². The minimum Gasteiger partial charge on any atom is -0.493 e. The summed E-state index contributed by atoms with van der Waals surface area (Å²) in [6, 6.07) is 12.0. The van der Waals surface area contributed by atoms with Crippen molar-refractivity contribution in [3.05, 3.63) is 69.1 Å². The fourth-order valence-corrected chi connectivity index (χ4v) is 5.60. The van der Waals surface area contributed by atoms with Crippen LogP contribution in [0.25, 0.3) is 5.69 Å². The maximum absolute atomic E-state index is 13.4. The van der Waals surface area contributed by atoms with Gasteiger partial charge in [0.05, 0.1) is 30.5 Å². The van der Waals surface area contributed by atoms with Gasteiger partial charge in [-0.25, -0.2) is 4.98 Å². The number of fused-ring (bicyclic) bond motifs is 1. The molecule has 7 heteroatoms. The highest BCUT2D eigenvalue weighted by Gasteiger charge is 2.23. The Bertz CT molecular complexity index is 1160. The Balaban J connectivity index is 1.80. The van der Waals surface area contributed by atoms with E-state index in [0.29, 0.717) is 16.7 Å². The third kappa shape index (κ3) is 3.96. The van der Waals surface area contributed by atoms with Crippen LogP contribution in [0.3, 0.4) is 0 Å². The highest BCUT2D eigenvalue weighted by molar-refractivity contribution is 7.99. The Labute approximate surface area is 184 Å². The van der Waals surface area contributed by atoms with Gasteiger partial charge in [-0.05, 0) is 37.1 Å². The molecule has 2 heterocycles. The summed E-state index contributed by atoms with van der Waals surface area (Å²) >= 11 is 3.18. The number of aromatic nitrogens is 2. The third-order valence-corrected chi connectivity index (χ3v) is 7.25. The summed E-state index contributed by atoms with van der Waals surface area (Å²) in [5.74, 6) is 2.86. The van der Waals surface area contributed by atoms with Crippen molar-refractivity contribution in [2.75, 3.05) is 20.0 Å². The number of methoxy groups -OCH3 is 2. The van der Waals surface area contributed by atoms with Gasteiger partial charge in [-0.2, -0.15) is 0 Å². The summed E-state index contributed by atoms with van der Waals surface area (Å²) in [7, 11) is 3.19. The van der Waals surface area contributed by atoms with E-state index >= 15 is 0 Å². The molecule has 0 bridgehead atoms. The van der Waals surface area contributed by atoms with Crippen molar-refractivity contribution in [1.29, 1.82) is 0 Å². The number of hydrogen-bond donors (Lipinski definition) is 0. The van der Waals surface area contributed by atoms with Gasteiger partial charge in [0.25, 0.3) is 5.56 Å². The number of thioether (sulfide) groups is 2. The van der Waals surface area contributed by atoms with E-state index < -0.39 is 0 Å². The molecule has 0 saturated carbocycles. The van der Waals surface area contributed by atoms with Crippen LogP contribution in [0.2, 0.25) is 0 Å². The Kier molecular flexibility index (Phi) is 6.11. The number of nitrogens with zero attached hydrogens (tertiary/aromatic N) is 2. The maximum atomic E-state index is 13.4. The van der Waals surface area contributed by atoms with Gasteiger partial charge in [-0.3, -0.25) is 9.36 Å². The zero-order valence-corrected chi connectivity index (χ0v) is 19.2. The van der Waals surface area contributed by atoms with Crippen LogP contribution < -0.4 is 15.0 Å². The predicted molar refractivity (Wildman–Crippen MR) is 123 cm³/mol. The van der Waals surface area contributed by atoms with Gasteiger partial charge < -0.3 is 9.47 Å². The molecule has 0 saturated heterocycles. The largest absolute Gasteiger partial charge is 0.493 e. The third-order valence-electron chi connectivity index (χ3n) is 5.15. The van der Waals surface area contributed by atoms with Gasteiger partial charge in [-0.15, -0.1) is 11.8 Å². The van der Waals surface area contributed by atoms with Crippen LogP contribution in [0.5, 0.6) is 11.5 Å². The van der Waals surface area contributed by atoms with Crippen LogP contribution in [0.15, 0.2) is 51.2 Å². The maximum Gasteiger partial charge on any atom is 0.272 e. The molecule has 0 amide bonds. The standard InChI is InChI=1S/C23H24N2O3S2/c1-14-5-6-15(2)16(11-14)13-30-23-24-18-9-10-29-21(18)22(26)25(23)17-7-8-19(27-3)20(12-17)28-4/h5-8,11-12H,9-10,13H2,1-4H3. The number of aryl methyl sites for hydroxylation is 3. The smallest absolute Gasteiger partial charge is 0.272 e. The Hall–Kier alpha value is -2.38. The second-order valence-electron chi connectivity index (χ2n) is 7.17. The minimum atomic E-state index is -0.0156. The summed E-state index contributed by atoms with van der Waals surface area (Å²) in [5, 5.41) is 0.703. The van der Waals surface area contributed by atoms with Gasteiger partial charge in [0.1, 0.15) is 0 Å². The summed E-state index contributed by atoms with van der Waals surface area (Å²) in [6.45, 7) is 4.21. The van der Waals surface area contributed by atoms with Gasteiger partial charge in [-0.1, -0.05) is 35.5 Å². The van der Waals surface area contributed by atoms with Crippen LogP contribution >= 0.6 is 23.5 Å². The predicted octanol–water partition coefficient (Wildman–Crippen LogP) is 4.81. The number of rotatable bonds is 6. The van der Waals surface area contributed by atoms with Crippen molar-refractivity contribution in [2.24, 2.45) is 0 Å². The molecule has 0 radical (unpaired) electrons. The highest BCUT2D eigenvalue weighted by atomic mass is 32.2. The molecule has 0 N–H and O–H groups in total. The van der Waals surface area contributed by atoms with E-state index in [4.69, 9.17) is 14.5 Å². The van der Waals surface area contributed by atoms with Crippen LogP contribution in [-0.2, 0) is 12.2 Å². The van der Waals surface area contributed by atoms with Crippen molar-refractivity contribution in [1.82, 2.24) is 9.55 Å². The van der Waals surface area contributed by atoms with Gasteiger partial charge in [0.15, 0.2) is 16.7 Å². The topological polar surface area (TPSA) is 53.4 Å². The normalized spacial score (nSPS) is 12.7. The minimum absolute atomic E-state index is 0.0156. The average Bonchev–Trinajstić information content (AvgIpc) is 3.23. The number of benzene rings is 2. The lowest BCUT2D eigenvalue weighted by Gasteiger charge is -2.16. The lowest BCUT2D eigenvalue weighted by molar-refractivity contribution is 0.354. The second kappa shape index (κ2) is 8.78. The first kappa shape index (κ1) is 20.9. The number of hydrogen-bond acceptors (Lipinski definition) is 6. The Morgan fingerprint density at radius 2 is 1.90 bits per heavy atom. The molecule has 0 aliphatic carbocycles. The molecule has 0 fully saturated rings. The second-order valence-corrected chi connectivity index (χ2v) is 9.21. The molecule has 30 heavy (non-hydrogen) atoms. The molecule has 1 aromatic heterocycles. The zero-order valence-electron chi connectivity index (χ0n) is 17.5. The molecule has 156 valence electrons. The highest BCUT2D eigenvalue weighted by Crippen LogP contribution is 2.34. The fraction of sp³-hybridized carbons (Fsp3) is 0.304. The van der Waals surface area contributed by atoms with E-state index in [0.717, 1.165) is 34.2 Å². The zero-order chi connectivity index (χ0) is 21.3. The van der Waals surface area contributed by atoms with Gasteiger partial charge in [0.2, 0.25) is 0 Å². The van der Waals surface area contributed by atoms with Gasteiger partial charge >= 0.3 is 0 Å². The lowest BCUT2D eigenvalue weighted by atomic mass is 10.1. The SMILES string of the molecule is COc1ccc(-n2c(SCc3cc(C)ccc3C)nc3c(c2=O)SCC3)cc1OC. The van der Waals surface area contributed by atoms with E-state index in [2.05, 4.69) is 32.0 Å². The molecule has 5 nitrogen and oxygen atoms in total. The Morgan fingerprint density at radius 1 is 1.10 bits per heavy atom. The molecular formula is C23H24N2O3S2. The van der Waals surface area contributed by atoms with Crippen molar-refractivity contribution in [2.45, 2.75) is 36.1 Å². The molecule has 4 rings (SSSR count). The number of ether oxygens (including phenoxy) is 2. The lowest BCUT2D eigenvalue weighted by Crippen LogP contribution is -2.24. The molecule has 0 unspecified atom stereocenters. The van der Waals surface area contributed by atoms with Crippen LogP contribution in [0.1, 0.15) is 22.4 Å². The molecule has 0 atom stereocenters. The summed E-state index contributed by atoms with van der Waals surface area (Å²) in [6.07, 6.45) is 0.832. The molecule has 1 aliphatic heterocycles. The quantitative estimate of drug-likeness (QED) is 0.405. The monoisotopic (exact) mass is 440 g/mol. The molecular weight excluding hydrogens is 416 g/mol. The molecule has 2 aromatic carbocycles. The summed E-state index contributed by atoms with van der Waals surface area (Å²) in [4.78, 5) is 19.0. The van der Waals surface area contributed by atoms with Crippen molar-refractivity contribution >= 4 is 23.5 Å². The average molecular weight is 441 g/mol. The van der Waals surface area contributed by atoms with E-state index in [1.807, 2.05) is 18.2 Å².